The van der Waals surface area contributed by atoms with E-state index in [4.69, 9.17) is 4.74 Å². The molecule has 0 atom stereocenters. The number of hydrogen-bond acceptors (Lipinski definition) is 4. The minimum absolute atomic E-state index is 0.221. The van der Waals surface area contributed by atoms with Gasteiger partial charge in [0.15, 0.2) is 0 Å². The monoisotopic (exact) mass is 246 g/mol. The molecule has 1 N–H and O–H groups in total. The van der Waals surface area contributed by atoms with Crippen molar-refractivity contribution in [3.63, 3.8) is 0 Å². The van der Waals surface area contributed by atoms with Crippen molar-refractivity contribution in [3.8, 4) is 0 Å². The molecule has 3 fully saturated rings. The summed E-state index contributed by atoms with van der Waals surface area (Å²) in [5.41, 5.74) is 0.352. The summed E-state index contributed by atoms with van der Waals surface area (Å²) in [5.74, 6) is 0. The number of nitrogens with one attached hydrogen (secondary N) is 1. The quantitative estimate of drug-likeness (QED) is 0.829. The fraction of sp³-hybridized carbons (Fsp3) is 0.462. The van der Waals surface area contributed by atoms with Crippen LogP contribution >= 0.6 is 0 Å². The Labute approximate surface area is 104 Å². The summed E-state index contributed by atoms with van der Waals surface area (Å²) in [6.07, 6.45) is 1.55. The van der Waals surface area contributed by atoms with Crippen molar-refractivity contribution >= 4 is 6.09 Å². The van der Waals surface area contributed by atoms with Crippen LogP contribution in [0.3, 0.4) is 0 Å². The van der Waals surface area contributed by atoms with Gasteiger partial charge in [-0.2, -0.15) is 4.91 Å². The molecule has 0 unspecified atom stereocenters. The zero-order valence-corrected chi connectivity index (χ0v) is 9.89. The Hall–Kier alpha value is -1.91. The van der Waals surface area contributed by atoms with Gasteiger partial charge in [0.2, 0.25) is 0 Å². The first-order valence-electron chi connectivity index (χ1n) is 5.99. The molecule has 2 bridgehead atoms. The normalized spacial score (nSPS) is 31.8. The molecule has 3 aliphatic carbocycles. The van der Waals surface area contributed by atoms with E-state index in [1.54, 1.807) is 0 Å². The zero-order chi connectivity index (χ0) is 12.6. The Bertz CT molecular complexity index is 466. The summed E-state index contributed by atoms with van der Waals surface area (Å²) in [6, 6.07) is 9.52. The van der Waals surface area contributed by atoms with E-state index in [2.05, 4.69) is 10.5 Å². The third kappa shape index (κ3) is 1.75. The number of carbonyl (C=O) groups is 1. The molecule has 1 amide bonds. The number of benzene rings is 1. The van der Waals surface area contributed by atoms with Gasteiger partial charge < -0.3 is 10.1 Å². The molecular weight excluding hydrogens is 232 g/mol. The van der Waals surface area contributed by atoms with Gasteiger partial charge in [-0.25, -0.2) is 4.79 Å². The SMILES string of the molecule is O=NC12CC(NC(=O)OCc3ccccc3)(C1)C2. The van der Waals surface area contributed by atoms with E-state index in [0.717, 1.165) is 5.56 Å². The molecule has 0 aliphatic heterocycles. The molecule has 94 valence electrons. The molecule has 0 spiro atoms. The van der Waals surface area contributed by atoms with Crippen LogP contribution in [0.4, 0.5) is 4.79 Å². The molecule has 18 heavy (non-hydrogen) atoms. The highest BCUT2D eigenvalue weighted by Gasteiger charge is 2.70. The Kier molecular flexibility index (Phi) is 2.36. The predicted octanol–water partition coefficient (Wildman–Crippen LogP) is 2.35. The van der Waals surface area contributed by atoms with Crippen molar-refractivity contribution < 1.29 is 9.53 Å². The van der Waals surface area contributed by atoms with Crippen LogP contribution in [0.2, 0.25) is 0 Å². The molecule has 5 heteroatoms. The molecule has 0 radical (unpaired) electrons. The third-order valence-corrected chi connectivity index (χ3v) is 3.78. The number of amides is 1. The van der Waals surface area contributed by atoms with Gasteiger partial charge in [-0.05, 0) is 24.8 Å². The molecule has 1 aromatic carbocycles. The standard InChI is InChI=1S/C13H14N2O3/c16-11(18-6-10-4-2-1-3-5-10)14-12-7-13(8-12,9-12)15-17/h1-5H,6-9H2,(H,14,16). The van der Waals surface area contributed by atoms with Crippen LogP contribution in [-0.2, 0) is 11.3 Å². The highest BCUT2D eigenvalue weighted by molar-refractivity contribution is 5.69. The van der Waals surface area contributed by atoms with E-state index >= 15 is 0 Å². The fourth-order valence-electron chi connectivity index (χ4n) is 2.94. The first-order valence-corrected chi connectivity index (χ1v) is 5.99. The fourth-order valence-corrected chi connectivity index (χ4v) is 2.94. The average Bonchev–Trinajstić information content (AvgIpc) is 2.30. The lowest BCUT2D eigenvalue weighted by atomic mass is 9.44. The van der Waals surface area contributed by atoms with Crippen LogP contribution in [0.15, 0.2) is 35.5 Å². The van der Waals surface area contributed by atoms with Crippen LogP contribution < -0.4 is 5.32 Å². The maximum Gasteiger partial charge on any atom is 0.407 e. The van der Waals surface area contributed by atoms with Crippen LogP contribution in [-0.4, -0.2) is 17.2 Å². The maximum atomic E-state index is 11.6. The maximum absolute atomic E-state index is 11.6. The summed E-state index contributed by atoms with van der Waals surface area (Å²) < 4.78 is 5.13. The number of rotatable bonds is 4. The second-order valence-corrected chi connectivity index (χ2v) is 5.31. The molecule has 3 aliphatic rings. The predicted molar refractivity (Wildman–Crippen MR) is 64.9 cm³/mol. The van der Waals surface area contributed by atoms with Crippen LogP contribution in [0.25, 0.3) is 0 Å². The number of nitrogens with zero attached hydrogens (tertiary/aromatic N) is 1. The molecule has 5 nitrogen and oxygen atoms in total. The molecule has 0 heterocycles. The third-order valence-electron chi connectivity index (χ3n) is 3.78. The van der Waals surface area contributed by atoms with Crippen molar-refractivity contribution in [1.82, 2.24) is 5.32 Å². The molecule has 0 aromatic heterocycles. The smallest absolute Gasteiger partial charge is 0.407 e. The van der Waals surface area contributed by atoms with Crippen molar-refractivity contribution in [1.29, 1.82) is 0 Å². The molecule has 1 aromatic rings. The van der Waals surface area contributed by atoms with E-state index < -0.39 is 6.09 Å². The number of hydrogen-bond donors (Lipinski definition) is 1. The van der Waals surface area contributed by atoms with Crippen LogP contribution in [0, 0.1) is 4.91 Å². The van der Waals surface area contributed by atoms with Gasteiger partial charge in [0.1, 0.15) is 12.1 Å². The van der Waals surface area contributed by atoms with E-state index in [-0.39, 0.29) is 17.7 Å². The van der Waals surface area contributed by atoms with E-state index in [1.165, 1.54) is 0 Å². The van der Waals surface area contributed by atoms with Crippen molar-refractivity contribution in [2.75, 3.05) is 0 Å². The van der Waals surface area contributed by atoms with Gasteiger partial charge in [-0.15, -0.1) is 0 Å². The topological polar surface area (TPSA) is 67.8 Å². The number of ether oxygens (including phenoxy) is 1. The first kappa shape index (κ1) is 11.2. The Morgan fingerprint density at radius 2 is 1.94 bits per heavy atom. The van der Waals surface area contributed by atoms with E-state index in [0.29, 0.717) is 19.3 Å². The highest BCUT2D eigenvalue weighted by Crippen LogP contribution is 2.62. The molecular formula is C13H14N2O3. The average molecular weight is 246 g/mol. The second-order valence-electron chi connectivity index (χ2n) is 5.31. The van der Waals surface area contributed by atoms with Gasteiger partial charge in [-0.3, -0.25) is 0 Å². The first-order chi connectivity index (χ1) is 8.65. The minimum atomic E-state index is -0.418. The number of carbonyl (C=O) groups excluding carboxylic acids is 1. The lowest BCUT2D eigenvalue weighted by molar-refractivity contribution is -0.0742. The van der Waals surface area contributed by atoms with Crippen LogP contribution in [0.1, 0.15) is 24.8 Å². The lowest BCUT2D eigenvalue weighted by Gasteiger charge is -2.65. The molecule has 0 saturated heterocycles. The van der Waals surface area contributed by atoms with Gasteiger partial charge >= 0.3 is 6.09 Å². The van der Waals surface area contributed by atoms with E-state index in [9.17, 15) is 9.70 Å². The lowest BCUT2D eigenvalue weighted by Crippen LogP contribution is -2.77. The minimum Gasteiger partial charge on any atom is -0.445 e. The zero-order valence-electron chi connectivity index (χ0n) is 9.89. The Morgan fingerprint density at radius 3 is 2.56 bits per heavy atom. The largest absolute Gasteiger partial charge is 0.445 e. The molecule has 3 saturated carbocycles. The van der Waals surface area contributed by atoms with Crippen molar-refractivity contribution in [2.24, 2.45) is 5.18 Å². The van der Waals surface area contributed by atoms with Crippen LogP contribution in [0.5, 0.6) is 0 Å². The summed E-state index contributed by atoms with van der Waals surface area (Å²) >= 11 is 0. The van der Waals surface area contributed by atoms with Gasteiger partial charge in [0.25, 0.3) is 0 Å². The van der Waals surface area contributed by atoms with Gasteiger partial charge in [0.05, 0.1) is 5.54 Å². The van der Waals surface area contributed by atoms with Gasteiger partial charge in [0, 0.05) is 0 Å². The molecule has 4 rings (SSSR count). The van der Waals surface area contributed by atoms with Crippen molar-refractivity contribution in [3.05, 3.63) is 40.8 Å². The number of alkyl carbamates (subject to hydrolysis) is 1. The second kappa shape index (κ2) is 3.80. The van der Waals surface area contributed by atoms with Crippen molar-refractivity contribution in [2.45, 2.75) is 36.9 Å². The summed E-state index contributed by atoms with van der Waals surface area (Å²) in [7, 11) is 0. The van der Waals surface area contributed by atoms with Gasteiger partial charge in [-0.1, -0.05) is 35.5 Å². The summed E-state index contributed by atoms with van der Waals surface area (Å²) in [5, 5.41) is 5.92. The van der Waals surface area contributed by atoms with E-state index in [1.807, 2.05) is 30.3 Å². The Balaban J connectivity index is 1.45. The summed E-state index contributed by atoms with van der Waals surface area (Å²) in [6.45, 7) is 0.264. The Morgan fingerprint density at radius 1 is 1.28 bits per heavy atom. The summed E-state index contributed by atoms with van der Waals surface area (Å²) in [4.78, 5) is 22.1. The number of nitroso groups, excluding NO2 is 1. The highest BCUT2D eigenvalue weighted by atomic mass is 16.5.